The maximum Gasteiger partial charge on any atom is 0.145 e. The lowest BCUT2D eigenvalue weighted by Crippen LogP contribution is -2.12. The van der Waals surface area contributed by atoms with Crippen LogP contribution in [-0.4, -0.2) is 10.8 Å². The molecule has 1 aromatic carbocycles. The quantitative estimate of drug-likeness (QED) is 0.676. The summed E-state index contributed by atoms with van der Waals surface area (Å²) in [4.78, 5) is 3.94. The number of hydrogen-bond donors (Lipinski definition) is 2. The number of benzene rings is 1. The van der Waals surface area contributed by atoms with E-state index in [-0.39, 0.29) is 5.84 Å². The first-order valence-corrected chi connectivity index (χ1v) is 5.79. The molecule has 0 bridgehead atoms. The second-order valence-electron chi connectivity index (χ2n) is 3.47. The molecule has 2 aromatic rings. The zero-order valence-electron chi connectivity index (χ0n) is 9.15. The smallest absolute Gasteiger partial charge is 0.145 e. The van der Waals surface area contributed by atoms with E-state index in [4.69, 9.17) is 15.9 Å². The molecule has 0 radical (unpaired) electrons. The first-order chi connectivity index (χ1) is 8.56. The first kappa shape index (κ1) is 12.5. The lowest BCUT2D eigenvalue weighted by Gasteiger charge is -2.06. The summed E-state index contributed by atoms with van der Waals surface area (Å²) in [7, 11) is 0. The Morgan fingerprint density at radius 2 is 2.00 bits per heavy atom. The molecule has 0 aliphatic carbocycles. The topological polar surface area (TPSA) is 72.0 Å². The average molecular weight is 310 g/mol. The summed E-state index contributed by atoms with van der Waals surface area (Å²) >= 11 is 3.06. The third-order valence-corrected chi connectivity index (χ3v) is 2.78. The standard InChI is InChI=1S/C12H9BrFN3O/c13-9-3-1-7(5-10(9)14)18-8-2-4-11(12(15)16)17-6-8/h1-6H,(H3,15,16). The highest BCUT2D eigenvalue weighted by Gasteiger charge is 2.04. The normalized spacial score (nSPS) is 10.1. The maximum atomic E-state index is 13.3. The molecule has 0 unspecified atom stereocenters. The summed E-state index contributed by atoms with van der Waals surface area (Å²) in [6.45, 7) is 0. The van der Waals surface area contributed by atoms with Gasteiger partial charge in [0.1, 0.15) is 28.8 Å². The molecule has 18 heavy (non-hydrogen) atoms. The fraction of sp³-hybridized carbons (Fsp3) is 0. The molecular formula is C12H9BrFN3O. The van der Waals surface area contributed by atoms with E-state index >= 15 is 0 Å². The van der Waals surface area contributed by atoms with Gasteiger partial charge < -0.3 is 10.5 Å². The minimum Gasteiger partial charge on any atom is -0.456 e. The Labute approximate surface area is 111 Å². The molecule has 0 amide bonds. The summed E-state index contributed by atoms with van der Waals surface area (Å²) in [6, 6.07) is 7.63. The van der Waals surface area contributed by atoms with Crippen molar-refractivity contribution in [1.29, 1.82) is 5.41 Å². The number of rotatable bonds is 3. The van der Waals surface area contributed by atoms with Crippen molar-refractivity contribution >= 4 is 21.8 Å². The minimum absolute atomic E-state index is 0.115. The molecule has 0 atom stereocenters. The number of amidine groups is 1. The van der Waals surface area contributed by atoms with E-state index < -0.39 is 5.82 Å². The lowest BCUT2D eigenvalue weighted by atomic mass is 10.3. The van der Waals surface area contributed by atoms with E-state index in [0.29, 0.717) is 21.7 Å². The van der Waals surface area contributed by atoms with E-state index in [2.05, 4.69) is 20.9 Å². The molecule has 6 heteroatoms. The van der Waals surface area contributed by atoms with E-state index in [1.807, 2.05) is 0 Å². The molecule has 0 aliphatic heterocycles. The van der Waals surface area contributed by atoms with Crippen molar-refractivity contribution in [3.8, 4) is 11.5 Å². The SMILES string of the molecule is N=C(N)c1ccc(Oc2ccc(Br)c(F)c2)cn1. The second-order valence-corrected chi connectivity index (χ2v) is 4.33. The summed E-state index contributed by atoms with van der Waals surface area (Å²) in [6.07, 6.45) is 1.43. The highest BCUT2D eigenvalue weighted by molar-refractivity contribution is 9.10. The van der Waals surface area contributed by atoms with Crippen LogP contribution in [0.15, 0.2) is 41.0 Å². The van der Waals surface area contributed by atoms with Crippen molar-refractivity contribution in [2.45, 2.75) is 0 Å². The number of aromatic nitrogens is 1. The van der Waals surface area contributed by atoms with Crippen LogP contribution in [0.3, 0.4) is 0 Å². The number of pyridine rings is 1. The summed E-state index contributed by atoms with van der Waals surface area (Å²) in [5, 5.41) is 7.20. The molecule has 1 heterocycles. The molecule has 0 saturated heterocycles. The Kier molecular flexibility index (Phi) is 3.57. The van der Waals surface area contributed by atoms with Gasteiger partial charge >= 0.3 is 0 Å². The Morgan fingerprint density at radius 3 is 2.56 bits per heavy atom. The van der Waals surface area contributed by atoms with E-state index in [1.165, 1.54) is 12.3 Å². The third-order valence-electron chi connectivity index (χ3n) is 2.14. The zero-order chi connectivity index (χ0) is 13.1. The van der Waals surface area contributed by atoms with Crippen molar-refractivity contribution in [1.82, 2.24) is 4.98 Å². The van der Waals surface area contributed by atoms with Crippen LogP contribution < -0.4 is 10.5 Å². The van der Waals surface area contributed by atoms with Crippen molar-refractivity contribution in [3.05, 3.63) is 52.5 Å². The number of halogens is 2. The zero-order valence-corrected chi connectivity index (χ0v) is 10.7. The molecule has 3 N–H and O–H groups in total. The van der Waals surface area contributed by atoms with Crippen LogP contribution in [0.1, 0.15) is 5.69 Å². The molecular weight excluding hydrogens is 301 g/mol. The monoisotopic (exact) mass is 309 g/mol. The molecule has 0 spiro atoms. The molecule has 4 nitrogen and oxygen atoms in total. The Hall–Kier alpha value is -1.95. The highest BCUT2D eigenvalue weighted by Crippen LogP contribution is 2.25. The molecule has 0 fully saturated rings. The first-order valence-electron chi connectivity index (χ1n) is 4.99. The van der Waals surface area contributed by atoms with Gasteiger partial charge in [-0.3, -0.25) is 5.41 Å². The molecule has 0 aliphatic rings. The lowest BCUT2D eigenvalue weighted by molar-refractivity contribution is 0.474. The minimum atomic E-state index is -0.402. The number of ether oxygens (including phenoxy) is 1. The van der Waals surface area contributed by atoms with Crippen LogP contribution in [0.25, 0.3) is 0 Å². The number of nitrogens with one attached hydrogen (secondary N) is 1. The van der Waals surface area contributed by atoms with Crippen LogP contribution in [0, 0.1) is 11.2 Å². The Morgan fingerprint density at radius 1 is 1.28 bits per heavy atom. The van der Waals surface area contributed by atoms with Crippen LogP contribution in [0.2, 0.25) is 0 Å². The van der Waals surface area contributed by atoms with Crippen molar-refractivity contribution < 1.29 is 9.13 Å². The fourth-order valence-corrected chi connectivity index (χ4v) is 1.52. The van der Waals surface area contributed by atoms with Gasteiger partial charge in [-0.05, 0) is 40.2 Å². The van der Waals surface area contributed by atoms with Crippen LogP contribution in [0.4, 0.5) is 4.39 Å². The second kappa shape index (κ2) is 5.14. The average Bonchev–Trinajstić information content (AvgIpc) is 2.34. The van der Waals surface area contributed by atoms with Gasteiger partial charge in [-0.2, -0.15) is 0 Å². The highest BCUT2D eigenvalue weighted by atomic mass is 79.9. The van der Waals surface area contributed by atoms with Gasteiger partial charge in [0.2, 0.25) is 0 Å². The number of nitrogens with two attached hydrogens (primary N) is 1. The summed E-state index contributed by atoms with van der Waals surface area (Å²) in [5.41, 5.74) is 5.64. The van der Waals surface area contributed by atoms with E-state index in [1.54, 1.807) is 24.3 Å². The van der Waals surface area contributed by atoms with Crippen molar-refractivity contribution in [3.63, 3.8) is 0 Å². The molecule has 92 valence electrons. The van der Waals surface area contributed by atoms with Gasteiger partial charge in [0.15, 0.2) is 0 Å². The van der Waals surface area contributed by atoms with Crippen molar-refractivity contribution in [2.24, 2.45) is 5.73 Å². The maximum absolute atomic E-state index is 13.3. The van der Waals surface area contributed by atoms with Gasteiger partial charge in [0.05, 0.1) is 10.7 Å². The third kappa shape index (κ3) is 2.84. The summed E-state index contributed by atoms with van der Waals surface area (Å²) < 4.78 is 19.1. The van der Waals surface area contributed by atoms with Gasteiger partial charge in [0.25, 0.3) is 0 Å². The van der Waals surface area contributed by atoms with Crippen LogP contribution >= 0.6 is 15.9 Å². The largest absolute Gasteiger partial charge is 0.456 e. The Balaban J connectivity index is 2.18. The number of nitrogen functional groups attached to an aromatic ring is 1. The molecule has 0 saturated carbocycles. The predicted molar refractivity (Wildman–Crippen MR) is 69.4 cm³/mol. The predicted octanol–water partition coefficient (Wildman–Crippen LogP) is 3.06. The van der Waals surface area contributed by atoms with Gasteiger partial charge in [-0.25, -0.2) is 9.37 Å². The molecule has 1 aromatic heterocycles. The number of hydrogen-bond acceptors (Lipinski definition) is 3. The van der Waals surface area contributed by atoms with Crippen molar-refractivity contribution in [2.75, 3.05) is 0 Å². The van der Waals surface area contributed by atoms with Gasteiger partial charge in [0, 0.05) is 6.07 Å². The number of nitrogens with zero attached hydrogens (tertiary/aromatic N) is 1. The van der Waals surface area contributed by atoms with E-state index in [9.17, 15) is 4.39 Å². The van der Waals surface area contributed by atoms with E-state index in [0.717, 1.165) is 0 Å². The summed E-state index contributed by atoms with van der Waals surface area (Å²) in [5.74, 6) is 0.298. The fourth-order valence-electron chi connectivity index (χ4n) is 1.28. The Bertz CT molecular complexity index is 586. The van der Waals surface area contributed by atoms with Crippen LogP contribution in [0.5, 0.6) is 11.5 Å². The van der Waals surface area contributed by atoms with Crippen LogP contribution in [-0.2, 0) is 0 Å². The van der Waals surface area contributed by atoms with Gasteiger partial charge in [-0.15, -0.1) is 0 Å². The molecule has 2 rings (SSSR count). The van der Waals surface area contributed by atoms with Gasteiger partial charge in [-0.1, -0.05) is 0 Å².